The maximum absolute atomic E-state index is 11.8. The van der Waals surface area contributed by atoms with Crippen LogP contribution in [0, 0.1) is 5.92 Å². The second-order valence-corrected chi connectivity index (χ2v) is 11.4. The van der Waals surface area contributed by atoms with Crippen molar-refractivity contribution >= 4 is 11.9 Å². The van der Waals surface area contributed by atoms with E-state index in [0.29, 0.717) is 12.8 Å². The lowest BCUT2D eigenvalue weighted by Crippen LogP contribution is -2.25. The number of aliphatic hydroxyl groups excluding tert-OH is 1. The Morgan fingerprint density at radius 1 is 0.541 bits per heavy atom. The van der Waals surface area contributed by atoms with Crippen molar-refractivity contribution in [2.45, 2.75) is 175 Å². The number of aliphatic hydroxyl groups is 1. The highest BCUT2D eigenvalue weighted by atomic mass is 16.6. The molecule has 5 nitrogen and oxygen atoms in total. The summed E-state index contributed by atoms with van der Waals surface area (Å²) in [4.78, 5) is 23.5. The molecule has 0 aliphatic carbocycles. The molecule has 0 aromatic carbocycles. The molecule has 0 amide bonds. The highest BCUT2D eigenvalue weighted by Gasteiger charge is 2.12. The molecule has 0 heterocycles. The summed E-state index contributed by atoms with van der Waals surface area (Å²) >= 11 is 0. The van der Waals surface area contributed by atoms with E-state index in [4.69, 9.17) is 9.47 Å². The molecule has 1 N–H and O–H groups in total. The Balaban J connectivity index is 3.35. The van der Waals surface area contributed by atoms with Crippen molar-refractivity contribution in [2.24, 2.45) is 5.92 Å². The number of ether oxygens (including phenoxy) is 2. The molecule has 220 valence electrons. The fraction of sp³-hybridized carbons (Fsp3) is 0.938. The van der Waals surface area contributed by atoms with Crippen LogP contribution in [0.25, 0.3) is 0 Å². The molecule has 0 aromatic heterocycles. The topological polar surface area (TPSA) is 72.8 Å². The third kappa shape index (κ3) is 29.3. The van der Waals surface area contributed by atoms with Gasteiger partial charge in [0.15, 0.2) is 0 Å². The quantitative estimate of drug-likeness (QED) is 0.0813. The molecule has 5 heteroatoms. The second kappa shape index (κ2) is 27.9. The van der Waals surface area contributed by atoms with Crippen LogP contribution < -0.4 is 0 Å². The van der Waals surface area contributed by atoms with E-state index >= 15 is 0 Å². The molecule has 0 fully saturated rings. The van der Waals surface area contributed by atoms with Crippen molar-refractivity contribution in [1.82, 2.24) is 0 Å². The molecule has 37 heavy (non-hydrogen) atoms. The first-order valence-electron chi connectivity index (χ1n) is 15.9. The Bertz CT molecular complexity index is 505. The first kappa shape index (κ1) is 35.9. The molecule has 0 saturated heterocycles. The van der Waals surface area contributed by atoms with E-state index < -0.39 is 6.10 Å². The Labute approximate surface area is 229 Å². The molecule has 0 aromatic rings. The SMILES string of the molecule is CCCCCCCC(=O)OC[C@@H](O)COC(=O)CCCCCCCCCCCCCCCCCC(C)C. The van der Waals surface area contributed by atoms with E-state index in [0.717, 1.165) is 38.0 Å². The summed E-state index contributed by atoms with van der Waals surface area (Å²) in [5.41, 5.74) is 0. The number of hydrogen-bond donors (Lipinski definition) is 1. The van der Waals surface area contributed by atoms with Crippen molar-refractivity contribution in [1.29, 1.82) is 0 Å². The third-order valence-electron chi connectivity index (χ3n) is 7.02. The van der Waals surface area contributed by atoms with Crippen molar-refractivity contribution in [3.05, 3.63) is 0 Å². The monoisotopic (exact) mass is 526 g/mol. The summed E-state index contributed by atoms with van der Waals surface area (Å²) < 4.78 is 10.2. The van der Waals surface area contributed by atoms with Crippen LogP contribution >= 0.6 is 0 Å². The highest BCUT2D eigenvalue weighted by molar-refractivity contribution is 5.69. The predicted octanol–water partition coefficient (Wildman–Crippen LogP) is 9.08. The molecule has 0 unspecified atom stereocenters. The van der Waals surface area contributed by atoms with E-state index in [-0.39, 0.29) is 25.2 Å². The molecular formula is C32H62O5. The summed E-state index contributed by atoms with van der Waals surface area (Å²) in [5.74, 6) is 0.285. The predicted molar refractivity (Wildman–Crippen MR) is 155 cm³/mol. The van der Waals surface area contributed by atoms with Crippen LogP contribution in [-0.2, 0) is 19.1 Å². The first-order valence-corrected chi connectivity index (χ1v) is 15.9. The smallest absolute Gasteiger partial charge is 0.305 e. The maximum Gasteiger partial charge on any atom is 0.305 e. The van der Waals surface area contributed by atoms with Gasteiger partial charge in [-0.15, -0.1) is 0 Å². The average Bonchev–Trinajstić information content (AvgIpc) is 2.87. The van der Waals surface area contributed by atoms with Gasteiger partial charge in [0.1, 0.15) is 19.3 Å². The molecular weight excluding hydrogens is 464 g/mol. The number of esters is 2. The van der Waals surface area contributed by atoms with Crippen molar-refractivity contribution in [3.63, 3.8) is 0 Å². The number of hydrogen-bond acceptors (Lipinski definition) is 5. The van der Waals surface area contributed by atoms with Crippen LogP contribution in [-0.4, -0.2) is 36.4 Å². The van der Waals surface area contributed by atoms with Crippen LogP contribution in [0.2, 0.25) is 0 Å². The third-order valence-corrected chi connectivity index (χ3v) is 7.02. The van der Waals surface area contributed by atoms with Gasteiger partial charge in [0, 0.05) is 12.8 Å². The van der Waals surface area contributed by atoms with Crippen LogP contribution in [0.15, 0.2) is 0 Å². The minimum atomic E-state index is -0.951. The van der Waals surface area contributed by atoms with Gasteiger partial charge in [-0.1, -0.05) is 143 Å². The minimum absolute atomic E-state index is 0.110. The Morgan fingerprint density at radius 3 is 1.22 bits per heavy atom. The number of carbonyl (C=O) groups excluding carboxylic acids is 2. The lowest BCUT2D eigenvalue weighted by molar-refractivity contribution is -0.152. The zero-order valence-corrected chi connectivity index (χ0v) is 24.9. The second-order valence-electron chi connectivity index (χ2n) is 11.4. The van der Waals surface area contributed by atoms with Gasteiger partial charge in [0.05, 0.1) is 0 Å². The summed E-state index contributed by atoms with van der Waals surface area (Å²) in [6.07, 6.45) is 26.1. The Morgan fingerprint density at radius 2 is 0.865 bits per heavy atom. The molecule has 0 spiro atoms. The minimum Gasteiger partial charge on any atom is -0.463 e. The van der Waals surface area contributed by atoms with Gasteiger partial charge in [-0.2, -0.15) is 0 Å². The molecule has 1 atom stereocenters. The van der Waals surface area contributed by atoms with Gasteiger partial charge in [0.2, 0.25) is 0 Å². The van der Waals surface area contributed by atoms with E-state index in [2.05, 4.69) is 20.8 Å². The van der Waals surface area contributed by atoms with E-state index in [9.17, 15) is 14.7 Å². The Kier molecular flexibility index (Phi) is 27.1. The number of rotatable bonds is 28. The number of unbranched alkanes of at least 4 members (excludes halogenated alkanes) is 18. The van der Waals surface area contributed by atoms with Gasteiger partial charge in [0.25, 0.3) is 0 Å². The molecule has 0 saturated carbocycles. The van der Waals surface area contributed by atoms with Gasteiger partial charge in [-0.3, -0.25) is 9.59 Å². The standard InChI is InChI=1S/C32H62O5/c1-4-5-6-18-22-25-31(34)36-27-30(33)28-37-32(35)26-23-20-17-15-13-11-9-7-8-10-12-14-16-19-21-24-29(2)3/h29-30,33H,4-28H2,1-3H3/t30-/m1/s1. The molecule has 0 aliphatic heterocycles. The summed E-state index contributed by atoms with van der Waals surface area (Å²) in [5, 5.41) is 9.86. The van der Waals surface area contributed by atoms with Crippen LogP contribution in [0.3, 0.4) is 0 Å². The zero-order valence-electron chi connectivity index (χ0n) is 24.9. The summed E-state index contributed by atoms with van der Waals surface area (Å²) in [6.45, 7) is 6.57. The largest absolute Gasteiger partial charge is 0.463 e. The van der Waals surface area contributed by atoms with Gasteiger partial charge in [-0.05, 0) is 18.8 Å². The van der Waals surface area contributed by atoms with Crippen LogP contribution in [0.4, 0.5) is 0 Å². The van der Waals surface area contributed by atoms with Crippen molar-refractivity contribution in [3.8, 4) is 0 Å². The van der Waals surface area contributed by atoms with E-state index in [1.807, 2.05) is 0 Å². The Hall–Kier alpha value is -1.10. The lowest BCUT2D eigenvalue weighted by Gasteiger charge is -2.12. The van der Waals surface area contributed by atoms with E-state index in [1.165, 1.54) is 103 Å². The zero-order chi connectivity index (χ0) is 27.4. The fourth-order valence-electron chi connectivity index (χ4n) is 4.56. The highest BCUT2D eigenvalue weighted by Crippen LogP contribution is 2.15. The summed E-state index contributed by atoms with van der Waals surface area (Å²) in [7, 11) is 0. The molecule has 0 rings (SSSR count). The molecule has 0 bridgehead atoms. The lowest BCUT2D eigenvalue weighted by atomic mass is 10.0. The van der Waals surface area contributed by atoms with Gasteiger partial charge >= 0.3 is 11.9 Å². The van der Waals surface area contributed by atoms with Gasteiger partial charge in [-0.25, -0.2) is 0 Å². The van der Waals surface area contributed by atoms with Crippen LogP contribution in [0.5, 0.6) is 0 Å². The van der Waals surface area contributed by atoms with Gasteiger partial charge < -0.3 is 14.6 Å². The normalized spacial score (nSPS) is 12.1. The summed E-state index contributed by atoms with van der Waals surface area (Å²) in [6, 6.07) is 0. The first-order chi connectivity index (χ1) is 18.0. The van der Waals surface area contributed by atoms with Crippen LogP contribution in [0.1, 0.15) is 168 Å². The average molecular weight is 527 g/mol. The van der Waals surface area contributed by atoms with Crippen molar-refractivity contribution in [2.75, 3.05) is 13.2 Å². The fourth-order valence-corrected chi connectivity index (χ4v) is 4.56. The number of carbonyl (C=O) groups is 2. The molecule has 0 aliphatic rings. The van der Waals surface area contributed by atoms with Crippen molar-refractivity contribution < 1.29 is 24.2 Å². The molecule has 0 radical (unpaired) electrons. The maximum atomic E-state index is 11.8. The van der Waals surface area contributed by atoms with E-state index in [1.54, 1.807) is 0 Å².